The molecule has 9 aromatic carbocycles. The molecule has 11 aromatic rings. The predicted octanol–water partition coefficient (Wildman–Crippen LogP) is 14.4. The van der Waals surface area contributed by atoms with Gasteiger partial charge in [0.1, 0.15) is 0 Å². The number of pyridine rings is 1. The van der Waals surface area contributed by atoms with Gasteiger partial charge in [-0.1, -0.05) is 133 Å². The third-order valence-electron chi connectivity index (χ3n) is 11.2. The molecule has 0 saturated carbocycles. The predicted molar refractivity (Wildman–Crippen MR) is 237 cm³/mol. The largest absolute Gasteiger partial charge is 0.310 e. The Bertz CT molecular complexity index is 3250. The SMILES string of the molecule is c1ccc(-c2cccc(N(c3ccc4c(c3)c3c5ccccc5ccc3n4-c3ccccc3)c3cccc4ccc(-c5ccc6cccnc6c5)cc34)c2)cc1. The van der Waals surface area contributed by atoms with Crippen molar-refractivity contribution >= 4 is 71.3 Å². The summed E-state index contributed by atoms with van der Waals surface area (Å²) < 4.78 is 2.41. The topological polar surface area (TPSA) is 21.1 Å². The number of nitrogens with zero attached hydrogens (tertiary/aromatic N) is 3. The summed E-state index contributed by atoms with van der Waals surface area (Å²) in [6.07, 6.45) is 1.86. The van der Waals surface area contributed by atoms with E-state index >= 15 is 0 Å². The van der Waals surface area contributed by atoms with Crippen LogP contribution in [0.2, 0.25) is 0 Å². The van der Waals surface area contributed by atoms with Crippen molar-refractivity contribution in [2.24, 2.45) is 0 Å². The number of rotatable bonds is 6. The highest BCUT2D eigenvalue weighted by atomic mass is 15.1. The van der Waals surface area contributed by atoms with Gasteiger partial charge < -0.3 is 9.47 Å². The fourth-order valence-corrected chi connectivity index (χ4v) is 8.53. The van der Waals surface area contributed by atoms with Crippen LogP contribution in [0.4, 0.5) is 17.1 Å². The van der Waals surface area contributed by atoms with Crippen LogP contribution in [0.1, 0.15) is 0 Å². The van der Waals surface area contributed by atoms with Crippen molar-refractivity contribution < 1.29 is 0 Å². The molecule has 3 heteroatoms. The highest BCUT2D eigenvalue weighted by Gasteiger charge is 2.21. The average Bonchev–Trinajstić information content (AvgIpc) is 3.61. The zero-order valence-corrected chi connectivity index (χ0v) is 30.5. The van der Waals surface area contributed by atoms with Crippen molar-refractivity contribution in [2.75, 3.05) is 4.90 Å². The van der Waals surface area contributed by atoms with E-state index in [0.717, 1.165) is 44.8 Å². The van der Waals surface area contributed by atoms with Crippen molar-refractivity contribution in [3.63, 3.8) is 0 Å². The first kappa shape index (κ1) is 32.0. The number of aromatic nitrogens is 2. The summed E-state index contributed by atoms with van der Waals surface area (Å²) in [5.74, 6) is 0. The van der Waals surface area contributed by atoms with Gasteiger partial charge in [0.2, 0.25) is 0 Å². The Morgan fingerprint density at radius 2 is 1.02 bits per heavy atom. The summed E-state index contributed by atoms with van der Waals surface area (Å²) in [5.41, 5.74) is 12.5. The van der Waals surface area contributed by atoms with E-state index in [1.165, 1.54) is 54.5 Å². The molecule has 0 spiro atoms. The number of anilines is 3. The molecule has 0 amide bonds. The van der Waals surface area contributed by atoms with Gasteiger partial charge in [-0.15, -0.1) is 0 Å². The first-order valence-electron chi connectivity index (χ1n) is 19.1. The Labute approximate surface area is 325 Å². The fraction of sp³-hybridized carbons (Fsp3) is 0. The zero-order valence-electron chi connectivity index (χ0n) is 30.5. The Hall–Kier alpha value is -7.49. The molecule has 11 rings (SSSR count). The molecule has 0 fully saturated rings. The number of benzene rings is 9. The molecule has 0 N–H and O–H groups in total. The van der Waals surface area contributed by atoms with Crippen LogP contribution in [-0.2, 0) is 0 Å². The van der Waals surface area contributed by atoms with Gasteiger partial charge in [-0.3, -0.25) is 4.98 Å². The van der Waals surface area contributed by atoms with E-state index in [1.807, 2.05) is 12.3 Å². The molecule has 0 aliphatic heterocycles. The van der Waals surface area contributed by atoms with Gasteiger partial charge in [-0.2, -0.15) is 0 Å². The second-order valence-corrected chi connectivity index (χ2v) is 14.4. The van der Waals surface area contributed by atoms with Gasteiger partial charge in [0, 0.05) is 44.8 Å². The van der Waals surface area contributed by atoms with Crippen LogP contribution in [0.3, 0.4) is 0 Å². The quantitative estimate of drug-likeness (QED) is 0.171. The van der Waals surface area contributed by atoms with Crippen LogP contribution in [0.25, 0.3) is 82.2 Å². The number of para-hydroxylation sites is 1. The third-order valence-corrected chi connectivity index (χ3v) is 11.2. The van der Waals surface area contributed by atoms with Crippen LogP contribution in [0, 0.1) is 0 Å². The number of fused-ring (bicyclic) bond motifs is 7. The maximum Gasteiger partial charge on any atom is 0.0708 e. The van der Waals surface area contributed by atoms with Gasteiger partial charge in [-0.25, -0.2) is 0 Å². The molecule has 0 bridgehead atoms. The molecule has 3 nitrogen and oxygen atoms in total. The smallest absolute Gasteiger partial charge is 0.0708 e. The monoisotopic (exact) mass is 713 g/mol. The van der Waals surface area contributed by atoms with Crippen molar-refractivity contribution in [3.8, 4) is 27.9 Å². The molecule has 0 unspecified atom stereocenters. The summed E-state index contributed by atoms with van der Waals surface area (Å²) in [6, 6.07) is 74.7. The van der Waals surface area contributed by atoms with Crippen LogP contribution in [0.15, 0.2) is 212 Å². The lowest BCUT2D eigenvalue weighted by molar-refractivity contribution is 1.18. The maximum absolute atomic E-state index is 4.66. The number of hydrogen-bond acceptors (Lipinski definition) is 2. The van der Waals surface area contributed by atoms with E-state index in [1.54, 1.807) is 0 Å². The van der Waals surface area contributed by atoms with E-state index in [0.29, 0.717) is 0 Å². The zero-order chi connectivity index (χ0) is 37.0. The van der Waals surface area contributed by atoms with Gasteiger partial charge in [0.05, 0.1) is 22.2 Å². The number of hydrogen-bond donors (Lipinski definition) is 0. The van der Waals surface area contributed by atoms with Crippen LogP contribution in [-0.4, -0.2) is 9.55 Å². The Morgan fingerprint density at radius 3 is 1.91 bits per heavy atom. The molecule has 262 valence electrons. The molecular formula is C53H35N3. The molecule has 0 radical (unpaired) electrons. The second-order valence-electron chi connectivity index (χ2n) is 14.4. The minimum atomic E-state index is 0.994. The minimum absolute atomic E-state index is 0.994. The van der Waals surface area contributed by atoms with Crippen LogP contribution >= 0.6 is 0 Å². The highest BCUT2D eigenvalue weighted by molar-refractivity contribution is 6.22. The minimum Gasteiger partial charge on any atom is -0.310 e. The first-order chi connectivity index (χ1) is 27.8. The Kier molecular flexibility index (Phi) is 7.49. The lowest BCUT2D eigenvalue weighted by Gasteiger charge is -2.28. The molecule has 0 atom stereocenters. The van der Waals surface area contributed by atoms with E-state index < -0.39 is 0 Å². The van der Waals surface area contributed by atoms with Crippen molar-refractivity contribution in [1.82, 2.24) is 9.55 Å². The first-order valence-corrected chi connectivity index (χ1v) is 19.1. The van der Waals surface area contributed by atoms with E-state index in [4.69, 9.17) is 0 Å². The Balaban J connectivity index is 1.18. The van der Waals surface area contributed by atoms with Gasteiger partial charge >= 0.3 is 0 Å². The summed E-state index contributed by atoms with van der Waals surface area (Å²) in [4.78, 5) is 7.11. The van der Waals surface area contributed by atoms with Crippen molar-refractivity contribution in [2.45, 2.75) is 0 Å². The summed E-state index contributed by atoms with van der Waals surface area (Å²) in [6.45, 7) is 0. The summed E-state index contributed by atoms with van der Waals surface area (Å²) >= 11 is 0. The van der Waals surface area contributed by atoms with Crippen molar-refractivity contribution in [1.29, 1.82) is 0 Å². The molecule has 0 aliphatic rings. The molecule has 56 heavy (non-hydrogen) atoms. The van der Waals surface area contributed by atoms with Crippen LogP contribution in [0.5, 0.6) is 0 Å². The molecule has 0 aliphatic carbocycles. The molecule has 2 aromatic heterocycles. The van der Waals surface area contributed by atoms with E-state index in [-0.39, 0.29) is 0 Å². The van der Waals surface area contributed by atoms with Gasteiger partial charge in [0.15, 0.2) is 0 Å². The van der Waals surface area contributed by atoms with Crippen LogP contribution < -0.4 is 4.90 Å². The third kappa shape index (κ3) is 5.32. The summed E-state index contributed by atoms with van der Waals surface area (Å²) in [5, 5.41) is 8.45. The van der Waals surface area contributed by atoms with E-state index in [9.17, 15) is 0 Å². The molecular weight excluding hydrogens is 679 g/mol. The van der Waals surface area contributed by atoms with Gasteiger partial charge in [0.25, 0.3) is 0 Å². The standard InChI is InChI=1S/C53H35N3/c1-3-12-36(13-4-1)40-16-9-20-44(32-40)55(50-22-10-15-38-23-25-41(33-47(38)50)42-26-24-39-17-11-31-54-49(39)34-42)45-28-30-51-48(35-45)53-46-21-8-7-14-37(46)27-29-52(53)56(51)43-18-5-2-6-19-43/h1-35H. The fourth-order valence-electron chi connectivity index (χ4n) is 8.53. The lowest BCUT2D eigenvalue weighted by Crippen LogP contribution is -2.10. The summed E-state index contributed by atoms with van der Waals surface area (Å²) in [7, 11) is 0. The maximum atomic E-state index is 4.66. The average molecular weight is 714 g/mol. The van der Waals surface area contributed by atoms with E-state index in [2.05, 4.69) is 215 Å². The lowest BCUT2D eigenvalue weighted by atomic mass is 9.98. The highest BCUT2D eigenvalue weighted by Crippen LogP contribution is 2.44. The molecule has 0 saturated heterocycles. The van der Waals surface area contributed by atoms with Crippen molar-refractivity contribution in [3.05, 3.63) is 212 Å². The second kappa shape index (κ2) is 13.1. The molecule has 2 heterocycles. The Morgan fingerprint density at radius 1 is 0.375 bits per heavy atom. The van der Waals surface area contributed by atoms with Gasteiger partial charge in [-0.05, 0) is 111 Å². The normalized spacial score (nSPS) is 11.6.